The Labute approximate surface area is 158 Å². The molecular formula is C21H24FN3O2. The highest BCUT2D eigenvalue weighted by molar-refractivity contribution is 5.95. The molecule has 0 aliphatic carbocycles. The number of benzene rings is 2. The summed E-state index contributed by atoms with van der Waals surface area (Å²) >= 11 is 0. The van der Waals surface area contributed by atoms with E-state index in [0.29, 0.717) is 6.54 Å². The number of para-hydroxylation sites is 2. The summed E-state index contributed by atoms with van der Waals surface area (Å²) in [6.45, 7) is 3.03. The Balaban J connectivity index is 1.59. The van der Waals surface area contributed by atoms with Crippen molar-refractivity contribution in [2.45, 2.75) is 25.8 Å². The van der Waals surface area contributed by atoms with Gasteiger partial charge in [-0.2, -0.15) is 0 Å². The van der Waals surface area contributed by atoms with E-state index in [9.17, 15) is 14.0 Å². The van der Waals surface area contributed by atoms with E-state index in [-0.39, 0.29) is 23.4 Å². The topological polar surface area (TPSA) is 61.4 Å². The number of carbonyl (C=O) groups excluding carboxylic acids is 2. The van der Waals surface area contributed by atoms with Crippen molar-refractivity contribution in [3.8, 4) is 0 Å². The maximum Gasteiger partial charge on any atom is 0.241 e. The zero-order valence-electron chi connectivity index (χ0n) is 15.3. The third-order valence-corrected chi connectivity index (χ3v) is 4.92. The number of hydrogen-bond acceptors (Lipinski definition) is 3. The highest BCUT2D eigenvalue weighted by Crippen LogP contribution is 2.21. The van der Waals surface area contributed by atoms with Gasteiger partial charge in [0.1, 0.15) is 5.82 Å². The van der Waals surface area contributed by atoms with Crippen molar-refractivity contribution >= 4 is 23.2 Å². The van der Waals surface area contributed by atoms with E-state index in [2.05, 4.69) is 10.6 Å². The molecule has 2 aromatic carbocycles. The molecule has 142 valence electrons. The predicted octanol–water partition coefficient (Wildman–Crippen LogP) is 3.50. The van der Waals surface area contributed by atoms with E-state index in [1.165, 1.54) is 12.1 Å². The fourth-order valence-corrected chi connectivity index (χ4v) is 3.30. The van der Waals surface area contributed by atoms with Crippen LogP contribution in [0.15, 0.2) is 54.6 Å². The SMILES string of the molecule is C[C@@H](C(=O)Nc1ccccc1F)N1CCC[C@@H](C(=O)Nc2ccccc2)C1. The van der Waals surface area contributed by atoms with E-state index in [4.69, 9.17) is 0 Å². The van der Waals surface area contributed by atoms with Gasteiger partial charge in [0, 0.05) is 12.2 Å². The predicted molar refractivity (Wildman–Crippen MR) is 104 cm³/mol. The second-order valence-electron chi connectivity index (χ2n) is 6.83. The minimum absolute atomic E-state index is 0.0346. The molecule has 0 unspecified atom stereocenters. The monoisotopic (exact) mass is 369 g/mol. The van der Waals surface area contributed by atoms with Gasteiger partial charge in [-0.3, -0.25) is 14.5 Å². The molecule has 5 nitrogen and oxygen atoms in total. The van der Waals surface area contributed by atoms with Gasteiger partial charge < -0.3 is 10.6 Å². The number of carbonyl (C=O) groups is 2. The number of amides is 2. The van der Waals surface area contributed by atoms with Crippen molar-refractivity contribution in [1.82, 2.24) is 4.90 Å². The number of piperidine rings is 1. The fourth-order valence-electron chi connectivity index (χ4n) is 3.30. The van der Waals surface area contributed by atoms with Gasteiger partial charge in [0.2, 0.25) is 11.8 Å². The fraction of sp³-hybridized carbons (Fsp3) is 0.333. The largest absolute Gasteiger partial charge is 0.326 e. The molecule has 2 N–H and O–H groups in total. The van der Waals surface area contributed by atoms with E-state index in [1.807, 2.05) is 35.2 Å². The van der Waals surface area contributed by atoms with Crippen molar-refractivity contribution in [3.05, 3.63) is 60.4 Å². The summed E-state index contributed by atoms with van der Waals surface area (Å²) in [5.74, 6) is -0.948. The smallest absolute Gasteiger partial charge is 0.241 e. The molecule has 1 aliphatic heterocycles. The minimum atomic E-state index is -0.461. The Kier molecular flexibility index (Phi) is 6.19. The lowest BCUT2D eigenvalue weighted by Gasteiger charge is -2.35. The third-order valence-electron chi connectivity index (χ3n) is 4.92. The van der Waals surface area contributed by atoms with Crippen LogP contribution in [-0.4, -0.2) is 35.8 Å². The average Bonchev–Trinajstić information content (AvgIpc) is 2.70. The Morgan fingerprint density at radius 1 is 1.07 bits per heavy atom. The molecule has 3 rings (SSSR count). The lowest BCUT2D eigenvalue weighted by Crippen LogP contribution is -2.49. The summed E-state index contributed by atoms with van der Waals surface area (Å²) in [6.07, 6.45) is 1.63. The lowest BCUT2D eigenvalue weighted by atomic mass is 9.95. The van der Waals surface area contributed by atoms with Crippen molar-refractivity contribution in [2.24, 2.45) is 5.92 Å². The maximum absolute atomic E-state index is 13.7. The molecule has 0 radical (unpaired) electrons. The van der Waals surface area contributed by atoms with Gasteiger partial charge in [0.15, 0.2) is 0 Å². The van der Waals surface area contributed by atoms with Crippen LogP contribution in [0.5, 0.6) is 0 Å². The summed E-state index contributed by atoms with van der Waals surface area (Å²) in [4.78, 5) is 27.0. The van der Waals surface area contributed by atoms with Crippen LogP contribution < -0.4 is 10.6 Å². The Morgan fingerprint density at radius 3 is 2.52 bits per heavy atom. The van der Waals surface area contributed by atoms with Gasteiger partial charge >= 0.3 is 0 Å². The van der Waals surface area contributed by atoms with Gasteiger partial charge in [-0.05, 0) is 50.6 Å². The molecule has 0 aromatic heterocycles. The summed E-state index contributed by atoms with van der Waals surface area (Å²) in [7, 11) is 0. The van der Waals surface area contributed by atoms with Gasteiger partial charge in [0.25, 0.3) is 0 Å². The summed E-state index contributed by atoms with van der Waals surface area (Å²) in [6, 6.07) is 15.0. The minimum Gasteiger partial charge on any atom is -0.326 e. The number of likely N-dealkylation sites (tertiary alicyclic amines) is 1. The Bertz CT molecular complexity index is 797. The van der Waals surface area contributed by atoms with Crippen molar-refractivity contribution in [1.29, 1.82) is 0 Å². The molecule has 0 bridgehead atoms. The molecular weight excluding hydrogens is 345 g/mol. The Morgan fingerprint density at radius 2 is 1.78 bits per heavy atom. The van der Waals surface area contributed by atoms with Crippen LogP contribution >= 0.6 is 0 Å². The van der Waals surface area contributed by atoms with Crippen LogP contribution in [0.4, 0.5) is 15.8 Å². The summed E-state index contributed by atoms with van der Waals surface area (Å²) in [5.41, 5.74) is 0.940. The second-order valence-corrected chi connectivity index (χ2v) is 6.83. The quantitative estimate of drug-likeness (QED) is 0.848. The molecule has 2 aromatic rings. The molecule has 1 fully saturated rings. The van der Waals surface area contributed by atoms with Crippen molar-refractivity contribution in [2.75, 3.05) is 23.7 Å². The first-order valence-corrected chi connectivity index (χ1v) is 9.20. The number of nitrogens with zero attached hydrogens (tertiary/aromatic N) is 1. The van der Waals surface area contributed by atoms with Gasteiger partial charge in [-0.25, -0.2) is 4.39 Å². The van der Waals surface area contributed by atoms with Crippen molar-refractivity contribution < 1.29 is 14.0 Å². The third kappa shape index (κ3) is 4.92. The van der Waals surface area contributed by atoms with E-state index >= 15 is 0 Å². The van der Waals surface area contributed by atoms with Gasteiger partial charge in [-0.15, -0.1) is 0 Å². The summed E-state index contributed by atoms with van der Waals surface area (Å²) < 4.78 is 13.7. The highest BCUT2D eigenvalue weighted by atomic mass is 19.1. The zero-order chi connectivity index (χ0) is 19.2. The van der Waals surface area contributed by atoms with E-state index < -0.39 is 11.9 Å². The molecule has 1 aliphatic rings. The molecule has 0 spiro atoms. The van der Waals surface area contributed by atoms with Crippen LogP contribution in [0.3, 0.4) is 0 Å². The van der Waals surface area contributed by atoms with E-state index in [1.54, 1.807) is 19.1 Å². The van der Waals surface area contributed by atoms with E-state index in [0.717, 1.165) is 25.1 Å². The normalized spacial score (nSPS) is 18.5. The molecule has 1 heterocycles. The summed E-state index contributed by atoms with van der Waals surface area (Å²) in [5, 5.41) is 5.57. The highest BCUT2D eigenvalue weighted by Gasteiger charge is 2.31. The van der Waals surface area contributed by atoms with Crippen molar-refractivity contribution in [3.63, 3.8) is 0 Å². The number of nitrogens with one attached hydrogen (secondary N) is 2. The van der Waals surface area contributed by atoms with Crippen LogP contribution in [0.2, 0.25) is 0 Å². The molecule has 1 saturated heterocycles. The van der Waals surface area contributed by atoms with Crippen LogP contribution in [0.25, 0.3) is 0 Å². The van der Waals surface area contributed by atoms with Crippen LogP contribution in [-0.2, 0) is 9.59 Å². The number of rotatable bonds is 5. The first-order chi connectivity index (χ1) is 13.0. The number of hydrogen-bond donors (Lipinski definition) is 2. The van der Waals surface area contributed by atoms with Crippen LogP contribution in [0.1, 0.15) is 19.8 Å². The molecule has 2 amide bonds. The molecule has 0 saturated carbocycles. The molecule has 6 heteroatoms. The molecule has 27 heavy (non-hydrogen) atoms. The van der Waals surface area contributed by atoms with Crippen LogP contribution in [0, 0.1) is 11.7 Å². The molecule has 2 atom stereocenters. The maximum atomic E-state index is 13.7. The first-order valence-electron chi connectivity index (χ1n) is 9.20. The van der Waals surface area contributed by atoms with Gasteiger partial charge in [0.05, 0.1) is 17.6 Å². The number of anilines is 2. The second kappa shape index (κ2) is 8.77. The number of halogens is 1. The standard InChI is InChI=1S/C21H24FN3O2/c1-15(20(26)24-19-12-6-5-11-18(19)22)25-13-7-8-16(14-25)21(27)23-17-9-3-2-4-10-17/h2-6,9-12,15-16H,7-8,13-14H2,1H3,(H,23,27)(H,24,26)/t15-,16+/m0/s1. The average molecular weight is 369 g/mol. The lowest BCUT2D eigenvalue weighted by molar-refractivity contribution is -0.125. The first kappa shape index (κ1) is 19.0. The Hall–Kier alpha value is -2.73. The van der Waals surface area contributed by atoms with Gasteiger partial charge in [-0.1, -0.05) is 30.3 Å². The zero-order valence-corrected chi connectivity index (χ0v) is 15.3.